The van der Waals surface area contributed by atoms with Gasteiger partial charge >= 0.3 is 17.8 Å². The number of nitrogens with zero attached hydrogens (tertiary/aromatic N) is 1. The van der Waals surface area contributed by atoms with Gasteiger partial charge in [0.25, 0.3) is 5.91 Å². The molecule has 1 aromatic heterocycles. The number of esters is 1. The van der Waals surface area contributed by atoms with Crippen molar-refractivity contribution in [3.63, 3.8) is 0 Å². The summed E-state index contributed by atoms with van der Waals surface area (Å²) in [7, 11) is 0. The number of imide groups is 1. The Kier molecular flexibility index (Phi) is 6.95. The topological polar surface area (TPSA) is 120 Å². The summed E-state index contributed by atoms with van der Waals surface area (Å²) in [6.45, 7) is 1.93. The number of ether oxygens (including phenoxy) is 1. The standard InChI is InChI=1S/C17H21N3O6/c1-2-3-9-18-16(23)19-14(21)11-25-15(22)8-10-20-12-6-4-5-7-13(12)26-17(20)24/h4-7H,2-3,8-11H2,1H3,(H2,18,19,21,23). The van der Waals surface area contributed by atoms with E-state index in [1.54, 1.807) is 24.3 Å². The van der Waals surface area contributed by atoms with Gasteiger partial charge < -0.3 is 14.5 Å². The number of nitrogens with one attached hydrogen (secondary N) is 2. The first-order valence-electron chi connectivity index (χ1n) is 8.33. The first-order chi connectivity index (χ1) is 12.5. The van der Waals surface area contributed by atoms with E-state index in [0.29, 0.717) is 17.6 Å². The summed E-state index contributed by atoms with van der Waals surface area (Å²) in [5.41, 5.74) is 1.01. The number of aromatic nitrogens is 1. The van der Waals surface area contributed by atoms with E-state index in [1.165, 1.54) is 4.57 Å². The van der Waals surface area contributed by atoms with Crippen molar-refractivity contribution >= 4 is 29.0 Å². The third-order valence-electron chi connectivity index (χ3n) is 3.55. The summed E-state index contributed by atoms with van der Waals surface area (Å²) in [5, 5.41) is 4.57. The molecule has 0 unspecified atom stereocenters. The maximum absolute atomic E-state index is 11.8. The zero-order valence-electron chi connectivity index (χ0n) is 14.4. The molecular weight excluding hydrogens is 342 g/mol. The molecule has 0 aliphatic rings. The monoisotopic (exact) mass is 363 g/mol. The first-order valence-corrected chi connectivity index (χ1v) is 8.33. The van der Waals surface area contributed by atoms with Crippen LogP contribution in [0.5, 0.6) is 0 Å². The molecule has 0 atom stereocenters. The van der Waals surface area contributed by atoms with Crippen molar-refractivity contribution in [2.24, 2.45) is 0 Å². The summed E-state index contributed by atoms with van der Waals surface area (Å²) < 4.78 is 11.2. The molecule has 0 bridgehead atoms. The number of urea groups is 1. The van der Waals surface area contributed by atoms with Crippen LogP contribution in [0.25, 0.3) is 11.1 Å². The number of rotatable bonds is 8. The highest BCUT2D eigenvalue weighted by atomic mass is 16.5. The van der Waals surface area contributed by atoms with E-state index in [9.17, 15) is 19.2 Å². The molecule has 140 valence electrons. The van der Waals surface area contributed by atoms with Crippen LogP contribution in [0.15, 0.2) is 33.5 Å². The summed E-state index contributed by atoms with van der Waals surface area (Å²) in [6, 6.07) is 6.22. The van der Waals surface area contributed by atoms with Gasteiger partial charge in [0.05, 0.1) is 11.9 Å². The molecule has 1 heterocycles. The average Bonchev–Trinajstić information content (AvgIpc) is 2.93. The number of oxazole rings is 1. The Bertz CT molecular complexity index is 838. The fraction of sp³-hybridized carbons (Fsp3) is 0.412. The number of unbranched alkanes of at least 4 members (excludes halogenated alkanes) is 1. The first kappa shape index (κ1) is 19.2. The molecule has 0 saturated heterocycles. The van der Waals surface area contributed by atoms with Crippen LogP contribution < -0.4 is 16.4 Å². The molecule has 0 fully saturated rings. The number of amides is 3. The zero-order valence-corrected chi connectivity index (χ0v) is 14.4. The lowest BCUT2D eigenvalue weighted by molar-refractivity contribution is -0.148. The smallest absolute Gasteiger partial charge is 0.419 e. The SMILES string of the molecule is CCCCNC(=O)NC(=O)COC(=O)CCn1c(=O)oc2ccccc21. The molecule has 1 aromatic carbocycles. The number of aryl methyl sites for hydroxylation is 1. The normalized spacial score (nSPS) is 10.5. The second-order valence-corrected chi connectivity index (χ2v) is 5.56. The van der Waals surface area contributed by atoms with E-state index in [2.05, 4.69) is 10.6 Å². The Hall–Kier alpha value is -3.10. The predicted molar refractivity (Wildman–Crippen MR) is 92.5 cm³/mol. The molecule has 0 spiro atoms. The van der Waals surface area contributed by atoms with E-state index in [4.69, 9.17) is 9.15 Å². The molecule has 0 radical (unpaired) electrons. The van der Waals surface area contributed by atoms with Crippen LogP contribution in [0.1, 0.15) is 26.2 Å². The highest BCUT2D eigenvalue weighted by molar-refractivity contribution is 5.95. The molecule has 2 aromatic rings. The third kappa shape index (κ3) is 5.47. The average molecular weight is 363 g/mol. The van der Waals surface area contributed by atoms with Gasteiger partial charge in [0.2, 0.25) is 0 Å². The predicted octanol–water partition coefficient (Wildman–Crippen LogP) is 1.15. The number of benzene rings is 1. The fourth-order valence-electron chi connectivity index (χ4n) is 2.23. The maximum Gasteiger partial charge on any atom is 0.419 e. The van der Waals surface area contributed by atoms with Gasteiger partial charge in [-0.25, -0.2) is 9.59 Å². The minimum Gasteiger partial charge on any atom is -0.456 e. The number of fused-ring (bicyclic) bond motifs is 1. The summed E-state index contributed by atoms with van der Waals surface area (Å²) >= 11 is 0. The molecular formula is C17H21N3O6. The Morgan fingerprint density at radius 1 is 1.23 bits per heavy atom. The van der Waals surface area contributed by atoms with Gasteiger partial charge in [-0.05, 0) is 18.6 Å². The number of para-hydroxylation sites is 2. The van der Waals surface area contributed by atoms with Crippen molar-refractivity contribution in [1.82, 2.24) is 15.2 Å². The molecule has 3 amide bonds. The highest BCUT2D eigenvalue weighted by Crippen LogP contribution is 2.12. The molecule has 0 saturated carbocycles. The third-order valence-corrected chi connectivity index (χ3v) is 3.55. The highest BCUT2D eigenvalue weighted by Gasteiger charge is 2.13. The number of hydrogen-bond acceptors (Lipinski definition) is 6. The molecule has 0 aliphatic carbocycles. The van der Waals surface area contributed by atoms with E-state index >= 15 is 0 Å². The van der Waals surface area contributed by atoms with Gasteiger partial charge in [0, 0.05) is 13.1 Å². The van der Waals surface area contributed by atoms with Gasteiger partial charge in [-0.3, -0.25) is 19.5 Å². The van der Waals surface area contributed by atoms with Gasteiger partial charge in [-0.15, -0.1) is 0 Å². The van der Waals surface area contributed by atoms with Crippen LogP contribution in [0.3, 0.4) is 0 Å². The van der Waals surface area contributed by atoms with Gasteiger partial charge in [-0.1, -0.05) is 25.5 Å². The lowest BCUT2D eigenvalue weighted by Gasteiger charge is -2.07. The van der Waals surface area contributed by atoms with Gasteiger partial charge in [-0.2, -0.15) is 0 Å². The van der Waals surface area contributed by atoms with E-state index in [0.717, 1.165) is 12.8 Å². The van der Waals surface area contributed by atoms with Crippen molar-refractivity contribution in [2.45, 2.75) is 32.7 Å². The van der Waals surface area contributed by atoms with Crippen LogP contribution in [-0.4, -0.2) is 35.6 Å². The molecule has 9 heteroatoms. The Balaban J connectivity index is 1.75. The fourth-order valence-corrected chi connectivity index (χ4v) is 2.23. The van der Waals surface area contributed by atoms with Crippen molar-refractivity contribution in [3.8, 4) is 0 Å². The summed E-state index contributed by atoms with van der Waals surface area (Å²) in [5.74, 6) is -1.96. The zero-order chi connectivity index (χ0) is 18.9. The van der Waals surface area contributed by atoms with Crippen molar-refractivity contribution in [3.05, 3.63) is 34.8 Å². The summed E-state index contributed by atoms with van der Waals surface area (Å²) in [4.78, 5) is 46.4. The molecule has 2 rings (SSSR count). The van der Waals surface area contributed by atoms with E-state index < -0.39 is 30.3 Å². The van der Waals surface area contributed by atoms with E-state index in [-0.39, 0.29) is 13.0 Å². The van der Waals surface area contributed by atoms with Crippen molar-refractivity contribution < 1.29 is 23.5 Å². The second-order valence-electron chi connectivity index (χ2n) is 5.56. The van der Waals surface area contributed by atoms with Crippen LogP contribution >= 0.6 is 0 Å². The van der Waals surface area contributed by atoms with Crippen LogP contribution in [-0.2, 0) is 20.9 Å². The number of carbonyl (C=O) groups is 3. The molecule has 26 heavy (non-hydrogen) atoms. The quantitative estimate of drug-likeness (QED) is 0.536. The van der Waals surface area contributed by atoms with E-state index in [1.807, 2.05) is 6.92 Å². The minimum atomic E-state index is -0.724. The number of carbonyl (C=O) groups excluding carboxylic acids is 3. The van der Waals surface area contributed by atoms with Gasteiger partial charge in [0.1, 0.15) is 0 Å². The lowest BCUT2D eigenvalue weighted by atomic mass is 10.3. The van der Waals surface area contributed by atoms with Crippen LogP contribution in [0.2, 0.25) is 0 Å². The van der Waals surface area contributed by atoms with Crippen molar-refractivity contribution in [2.75, 3.05) is 13.2 Å². The lowest BCUT2D eigenvalue weighted by Crippen LogP contribution is -2.41. The number of hydrogen-bond donors (Lipinski definition) is 2. The Labute approximate surface area is 149 Å². The molecule has 9 nitrogen and oxygen atoms in total. The largest absolute Gasteiger partial charge is 0.456 e. The molecule has 2 N–H and O–H groups in total. The minimum absolute atomic E-state index is 0.0633. The van der Waals surface area contributed by atoms with Crippen LogP contribution in [0.4, 0.5) is 4.79 Å². The Morgan fingerprint density at radius 3 is 2.77 bits per heavy atom. The maximum atomic E-state index is 11.8. The Morgan fingerprint density at radius 2 is 2.00 bits per heavy atom. The summed E-state index contributed by atoms with van der Waals surface area (Å²) in [6.07, 6.45) is 1.61. The second kappa shape index (κ2) is 9.40. The van der Waals surface area contributed by atoms with Crippen LogP contribution in [0, 0.1) is 0 Å². The van der Waals surface area contributed by atoms with Gasteiger partial charge in [0.15, 0.2) is 12.2 Å². The van der Waals surface area contributed by atoms with Crippen molar-refractivity contribution in [1.29, 1.82) is 0 Å². The molecule has 0 aliphatic heterocycles.